The minimum Gasteiger partial charge on any atom is -0.318 e. The highest BCUT2D eigenvalue weighted by molar-refractivity contribution is 7.17. The summed E-state index contributed by atoms with van der Waals surface area (Å²) in [5.74, 6) is -1.08. The highest BCUT2D eigenvalue weighted by Gasteiger charge is 2.50. The Morgan fingerprint density at radius 3 is 2.41 bits per heavy atom. The summed E-state index contributed by atoms with van der Waals surface area (Å²) in [5, 5.41) is 4.01. The molecule has 0 radical (unpaired) electrons. The normalized spacial score (nSPS) is 18.6. The Morgan fingerprint density at radius 2 is 1.72 bits per heavy atom. The topological polar surface area (TPSA) is 78.5 Å². The van der Waals surface area contributed by atoms with Crippen molar-refractivity contribution in [2.75, 3.05) is 0 Å². The summed E-state index contributed by atoms with van der Waals surface area (Å²) in [6.07, 6.45) is 0. The average Bonchev–Trinajstić information content (AvgIpc) is 3.29. The first-order chi connectivity index (χ1) is 13.9. The van der Waals surface area contributed by atoms with Crippen LogP contribution in [0.4, 0.5) is 4.79 Å². The van der Waals surface area contributed by atoms with Gasteiger partial charge >= 0.3 is 6.03 Å². The molecule has 1 fully saturated rings. The molecule has 0 spiro atoms. The molecule has 1 aliphatic rings. The van der Waals surface area contributed by atoms with Gasteiger partial charge in [0.15, 0.2) is 0 Å². The summed E-state index contributed by atoms with van der Waals surface area (Å²) in [7, 11) is 0. The summed E-state index contributed by atoms with van der Waals surface area (Å²) in [6, 6.07) is 18.9. The lowest BCUT2D eigenvalue weighted by Gasteiger charge is -2.21. The average molecular weight is 426 g/mol. The number of thiophene rings is 1. The van der Waals surface area contributed by atoms with Gasteiger partial charge in [-0.2, -0.15) is 5.01 Å². The van der Waals surface area contributed by atoms with E-state index in [0.29, 0.717) is 15.5 Å². The van der Waals surface area contributed by atoms with Crippen LogP contribution in [0.15, 0.2) is 66.7 Å². The molecule has 2 heterocycles. The van der Waals surface area contributed by atoms with Gasteiger partial charge in [-0.25, -0.2) is 4.79 Å². The van der Waals surface area contributed by atoms with E-state index in [4.69, 9.17) is 11.6 Å². The van der Waals surface area contributed by atoms with Crippen LogP contribution in [0.1, 0.15) is 22.2 Å². The summed E-state index contributed by atoms with van der Waals surface area (Å²) in [6.45, 7) is 1.61. The van der Waals surface area contributed by atoms with E-state index in [2.05, 4.69) is 10.7 Å². The SMILES string of the molecule is C[C@]1(c2ccccc2)NC(=O)N(NC(=O)c2ccc(-c3ccc(Cl)cc3)s2)C1=O. The summed E-state index contributed by atoms with van der Waals surface area (Å²) < 4.78 is 0. The number of hydrogen-bond acceptors (Lipinski definition) is 4. The van der Waals surface area contributed by atoms with Crippen LogP contribution in [0.3, 0.4) is 0 Å². The zero-order valence-corrected chi connectivity index (χ0v) is 16.9. The van der Waals surface area contributed by atoms with Crippen LogP contribution in [0.5, 0.6) is 0 Å². The third-order valence-electron chi connectivity index (χ3n) is 4.71. The van der Waals surface area contributed by atoms with E-state index in [9.17, 15) is 14.4 Å². The van der Waals surface area contributed by atoms with Crippen molar-refractivity contribution in [1.29, 1.82) is 0 Å². The lowest BCUT2D eigenvalue weighted by atomic mass is 9.92. The molecule has 8 heteroatoms. The van der Waals surface area contributed by atoms with Crippen molar-refractivity contribution in [3.05, 3.63) is 82.2 Å². The van der Waals surface area contributed by atoms with Crippen molar-refractivity contribution < 1.29 is 14.4 Å². The Balaban J connectivity index is 1.52. The molecule has 6 nitrogen and oxygen atoms in total. The molecule has 3 aromatic rings. The first-order valence-electron chi connectivity index (χ1n) is 8.77. The standard InChI is InChI=1S/C21H16ClN3O3S/c1-21(14-5-3-2-4-6-14)19(27)25(20(28)23-21)24-18(26)17-12-11-16(29-17)13-7-9-15(22)10-8-13/h2-12H,1H3,(H,23,28)(H,24,26)/t21-/m1/s1. The minimum absolute atomic E-state index is 0.379. The van der Waals surface area contributed by atoms with Crippen LogP contribution >= 0.6 is 22.9 Å². The lowest BCUT2D eigenvalue weighted by Crippen LogP contribution is -2.47. The van der Waals surface area contributed by atoms with Gasteiger partial charge in [0.2, 0.25) is 0 Å². The second kappa shape index (κ2) is 7.35. The molecular weight excluding hydrogens is 410 g/mol. The molecule has 2 aromatic carbocycles. The zero-order chi connectivity index (χ0) is 20.6. The molecule has 0 saturated carbocycles. The number of halogens is 1. The van der Waals surface area contributed by atoms with Crippen LogP contribution < -0.4 is 10.7 Å². The number of amides is 4. The van der Waals surface area contributed by atoms with Gasteiger partial charge in [0.1, 0.15) is 5.54 Å². The van der Waals surface area contributed by atoms with Gasteiger partial charge in [-0.15, -0.1) is 11.3 Å². The maximum atomic E-state index is 12.9. The van der Waals surface area contributed by atoms with Gasteiger partial charge in [0.25, 0.3) is 11.8 Å². The third-order valence-corrected chi connectivity index (χ3v) is 6.10. The number of carbonyl (C=O) groups is 3. The van der Waals surface area contributed by atoms with Crippen LogP contribution in [-0.2, 0) is 10.3 Å². The highest BCUT2D eigenvalue weighted by atomic mass is 35.5. The number of hydrazine groups is 1. The first kappa shape index (κ1) is 19.2. The quantitative estimate of drug-likeness (QED) is 0.615. The number of benzene rings is 2. The van der Waals surface area contributed by atoms with Crippen molar-refractivity contribution in [3.8, 4) is 10.4 Å². The maximum Gasteiger partial charge on any atom is 0.344 e. The van der Waals surface area contributed by atoms with E-state index in [0.717, 1.165) is 15.4 Å². The van der Waals surface area contributed by atoms with Gasteiger partial charge in [-0.1, -0.05) is 54.1 Å². The fourth-order valence-corrected chi connectivity index (χ4v) is 4.12. The van der Waals surface area contributed by atoms with Crippen molar-refractivity contribution in [2.45, 2.75) is 12.5 Å². The molecule has 4 rings (SSSR count). The van der Waals surface area contributed by atoms with Gasteiger partial charge in [0, 0.05) is 9.90 Å². The molecule has 0 bridgehead atoms. The Kier molecular flexibility index (Phi) is 4.86. The molecule has 0 unspecified atom stereocenters. The van der Waals surface area contributed by atoms with E-state index in [-0.39, 0.29) is 0 Å². The fourth-order valence-electron chi connectivity index (χ4n) is 3.09. The monoisotopic (exact) mass is 425 g/mol. The number of nitrogens with zero attached hydrogens (tertiary/aromatic N) is 1. The predicted molar refractivity (Wildman–Crippen MR) is 111 cm³/mol. The molecule has 1 aliphatic heterocycles. The first-order valence-corrected chi connectivity index (χ1v) is 9.97. The molecule has 146 valence electrons. The lowest BCUT2D eigenvalue weighted by molar-refractivity contribution is -0.132. The number of urea groups is 1. The molecule has 1 aromatic heterocycles. The van der Waals surface area contributed by atoms with E-state index in [1.54, 1.807) is 49.4 Å². The van der Waals surface area contributed by atoms with Crippen molar-refractivity contribution in [1.82, 2.24) is 15.8 Å². The van der Waals surface area contributed by atoms with Crippen LogP contribution in [-0.4, -0.2) is 22.9 Å². The molecule has 2 N–H and O–H groups in total. The Morgan fingerprint density at radius 1 is 1.03 bits per heavy atom. The van der Waals surface area contributed by atoms with Crippen molar-refractivity contribution in [2.24, 2.45) is 0 Å². The molecular formula is C21H16ClN3O3S. The van der Waals surface area contributed by atoms with Gasteiger partial charge in [-0.05, 0) is 42.3 Å². The summed E-state index contributed by atoms with van der Waals surface area (Å²) >= 11 is 7.17. The van der Waals surface area contributed by atoms with Crippen LogP contribution in [0.25, 0.3) is 10.4 Å². The number of rotatable bonds is 4. The Hall–Kier alpha value is -3.16. The van der Waals surface area contributed by atoms with E-state index < -0.39 is 23.4 Å². The Labute approximate surface area is 176 Å². The number of hydrogen-bond donors (Lipinski definition) is 2. The third kappa shape index (κ3) is 3.50. The molecule has 1 saturated heterocycles. The van der Waals surface area contributed by atoms with Crippen molar-refractivity contribution >= 4 is 40.8 Å². The predicted octanol–water partition coefficient (Wildman–Crippen LogP) is 4.18. The molecule has 1 atom stereocenters. The molecule has 4 amide bonds. The molecule has 0 aliphatic carbocycles. The smallest absolute Gasteiger partial charge is 0.318 e. The van der Waals surface area contributed by atoms with E-state index in [1.807, 2.05) is 24.3 Å². The number of carbonyl (C=O) groups excluding carboxylic acids is 3. The van der Waals surface area contributed by atoms with Gasteiger partial charge < -0.3 is 5.32 Å². The van der Waals surface area contributed by atoms with Crippen LogP contribution in [0.2, 0.25) is 5.02 Å². The minimum atomic E-state index is -1.24. The Bertz CT molecular complexity index is 1100. The highest BCUT2D eigenvalue weighted by Crippen LogP contribution is 2.30. The van der Waals surface area contributed by atoms with E-state index >= 15 is 0 Å². The van der Waals surface area contributed by atoms with Crippen LogP contribution in [0, 0.1) is 0 Å². The fraction of sp³-hybridized carbons (Fsp3) is 0.0952. The zero-order valence-electron chi connectivity index (χ0n) is 15.3. The molecule has 29 heavy (non-hydrogen) atoms. The second-order valence-corrected chi connectivity index (χ2v) is 8.19. The summed E-state index contributed by atoms with van der Waals surface area (Å²) in [5.41, 5.74) is 2.73. The van der Waals surface area contributed by atoms with Gasteiger partial charge in [0.05, 0.1) is 4.88 Å². The number of nitrogens with one attached hydrogen (secondary N) is 2. The maximum absolute atomic E-state index is 12.9. The summed E-state index contributed by atoms with van der Waals surface area (Å²) in [4.78, 5) is 39.1. The largest absolute Gasteiger partial charge is 0.344 e. The second-order valence-electron chi connectivity index (χ2n) is 6.67. The number of imide groups is 1. The van der Waals surface area contributed by atoms with E-state index in [1.165, 1.54) is 11.3 Å². The van der Waals surface area contributed by atoms with Gasteiger partial charge in [-0.3, -0.25) is 15.0 Å². The van der Waals surface area contributed by atoms with Crippen molar-refractivity contribution in [3.63, 3.8) is 0 Å².